The normalized spacial score (nSPS) is 19.8. The van der Waals surface area contributed by atoms with Crippen molar-refractivity contribution in [2.24, 2.45) is 5.41 Å². The number of ether oxygens (including phenoxy) is 1. The molecule has 35 heavy (non-hydrogen) atoms. The van der Waals surface area contributed by atoms with Gasteiger partial charge in [0.2, 0.25) is 0 Å². The predicted octanol–water partition coefficient (Wildman–Crippen LogP) is 5.64. The Morgan fingerprint density at radius 1 is 1.09 bits per heavy atom. The summed E-state index contributed by atoms with van der Waals surface area (Å²) in [5, 5.41) is 20.4. The molecule has 2 aliphatic heterocycles. The smallest absolute Gasteiger partial charge is 0.126 e. The predicted molar refractivity (Wildman–Crippen MR) is 142 cm³/mol. The molecule has 0 aromatic carbocycles. The summed E-state index contributed by atoms with van der Waals surface area (Å²) in [6.07, 6.45) is 12.2. The second kappa shape index (κ2) is 13.1. The van der Waals surface area contributed by atoms with Crippen LogP contribution < -0.4 is 16.0 Å². The molecule has 4 heterocycles. The van der Waals surface area contributed by atoms with Crippen LogP contribution in [0.25, 0.3) is 11.3 Å². The van der Waals surface area contributed by atoms with Gasteiger partial charge in [0.25, 0.3) is 0 Å². The first kappa shape index (κ1) is 25.7. The van der Waals surface area contributed by atoms with Gasteiger partial charge in [-0.15, -0.1) is 0 Å². The molecule has 188 valence electrons. The van der Waals surface area contributed by atoms with Gasteiger partial charge in [-0.1, -0.05) is 36.9 Å². The minimum atomic E-state index is -0.401. The number of nitriles is 1. The van der Waals surface area contributed by atoms with Gasteiger partial charge in [0, 0.05) is 37.6 Å². The molecule has 3 fully saturated rings. The molecule has 7 nitrogen and oxygen atoms in total. The van der Waals surface area contributed by atoms with E-state index in [9.17, 15) is 5.26 Å². The number of hydrogen-bond acceptors (Lipinski definition) is 7. The third-order valence-corrected chi connectivity index (χ3v) is 7.39. The molecule has 3 N–H and O–H groups in total. The number of rotatable bonds is 6. The zero-order valence-electron chi connectivity index (χ0n) is 20.5. The average Bonchev–Trinajstić information content (AvgIpc) is 3.51. The maximum atomic E-state index is 9.66. The summed E-state index contributed by atoms with van der Waals surface area (Å²) in [4.78, 5) is 9.21. The van der Waals surface area contributed by atoms with Crippen LogP contribution in [0.3, 0.4) is 0 Å². The van der Waals surface area contributed by atoms with Crippen LogP contribution in [-0.2, 0) is 4.74 Å². The molecule has 2 aromatic heterocycles. The monoisotopic (exact) mass is 496 g/mol. The highest BCUT2D eigenvalue weighted by atomic mass is 35.5. The fraction of sp³-hybridized carbons (Fsp3) is 0.593. The largest absolute Gasteiger partial charge is 0.381 e. The van der Waals surface area contributed by atoms with Crippen LogP contribution in [0.5, 0.6) is 0 Å². The highest BCUT2D eigenvalue weighted by Crippen LogP contribution is 2.32. The van der Waals surface area contributed by atoms with Crippen molar-refractivity contribution in [3.63, 3.8) is 0 Å². The van der Waals surface area contributed by atoms with Crippen LogP contribution in [0.1, 0.15) is 57.8 Å². The first-order chi connectivity index (χ1) is 17.2. The summed E-state index contributed by atoms with van der Waals surface area (Å²) in [6.45, 7) is 4.32. The quantitative estimate of drug-likeness (QED) is 0.476. The number of anilines is 2. The number of nitrogens with one attached hydrogen (secondary N) is 3. The summed E-state index contributed by atoms with van der Waals surface area (Å²) < 4.78 is 5.41. The number of aromatic nitrogens is 2. The van der Waals surface area contributed by atoms with E-state index < -0.39 is 5.41 Å². The van der Waals surface area contributed by atoms with E-state index in [4.69, 9.17) is 21.3 Å². The van der Waals surface area contributed by atoms with Gasteiger partial charge >= 0.3 is 0 Å². The second-order valence-electron chi connectivity index (χ2n) is 9.75. The number of halogens is 1. The van der Waals surface area contributed by atoms with Gasteiger partial charge in [0.05, 0.1) is 22.2 Å². The second-order valence-corrected chi connectivity index (χ2v) is 10.2. The summed E-state index contributed by atoms with van der Waals surface area (Å²) in [5.41, 5.74) is 1.24. The molecule has 1 saturated carbocycles. The molecule has 0 radical (unpaired) electrons. The highest BCUT2D eigenvalue weighted by Gasteiger charge is 2.32. The van der Waals surface area contributed by atoms with Crippen molar-refractivity contribution in [1.82, 2.24) is 15.3 Å². The maximum absolute atomic E-state index is 9.66. The molecule has 1 aliphatic carbocycles. The van der Waals surface area contributed by atoms with Gasteiger partial charge in [0.1, 0.15) is 11.6 Å². The molecule has 0 atom stereocenters. The highest BCUT2D eigenvalue weighted by molar-refractivity contribution is 6.33. The Balaban J connectivity index is 0.000000514. The van der Waals surface area contributed by atoms with E-state index in [1.165, 1.54) is 58.0 Å². The van der Waals surface area contributed by atoms with E-state index in [1.807, 2.05) is 24.3 Å². The molecule has 3 aliphatic rings. The van der Waals surface area contributed by atoms with Gasteiger partial charge in [-0.25, -0.2) is 9.97 Å². The fourth-order valence-electron chi connectivity index (χ4n) is 4.83. The molecule has 5 rings (SSSR count). The Morgan fingerprint density at radius 3 is 2.54 bits per heavy atom. The van der Waals surface area contributed by atoms with Crippen LogP contribution in [0, 0.1) is 16.7 Å². The first-order valence-corrected chi connectivity index (χ1v) is 13.4. The van der Waals surface area contributed by atoms with Crippen LogP contribution in [-0.4, -0.2) is 48.9 Å². The van der Waals surface area contributed by atoms with Gasteiger partial charge in [-0.05, 0) is 69.8 Å². The van der Waals surface area contributed by atoms with Crippen LogP contribution in [0.2, 0.25) is 5.02 Å². The van der Waals surface area contributed by atoms with Crippen LogP contribution >= 0.6 is 11.6 Å². The number of hydrogen-bond donors (Lipinski definition) is 3. The summed E-state index contributed by atoms with van der Waals surface area (Å²) in [5.74, 6) is 1.58. The molecule has 8 heteroatoms. The van der Waals surface area contributed by atoms with Crippen LogP contribution in [0.15, 0.2) is 30.5 Å². The summed E-state index contributed by atoms with van der Waals surface area (Å²) in [7, 11) is 0. The van der Waals surface area contributed by atoms with Crippen molar-refractivity contribution in [1.29, 1.82) is 5.26 Å². The SMILES string of the molecule is C1CCNC1.N#CC1(CNc2cccc(-c3cc(NC4CCCCC4)ncc3Cl)n2)CCOCC1. The minimum Gasteiger partial charge on any atom is -0.381 e. The maximum Gasteiger partial charge on any atom is 0.126 e. The Kier molecular flexibility index (Phi) is 9.58. The van der Waals surface area contributed by atoms with E-state index in [-0.39, 0.29) is 0 Å². The van der Waals surface area contributed by atoms with Crippen molar-refractivity contribution < 1.29 is 4.74 Å². The van der Waals surface area contributed by atoms with Crippen LogP contribution in [0.4, 0.5) is 11.6 Å². The van der Waals surface area contributed by atoms with Gasteiger partial charge in [-0.2, -0.15) is 5.26 Å². The minimum absolute atomic E-state index is 0.401. The van der Waals surface area contributed by atoms with E-state index >= 15 is 0 Å². The van der Waals surface area contributed by atoms with Gasteiger partial charge in [0.15, 0.2) is 0 Å². The topological polar surface area (TPSA) is 94.9 Å². The molecule has 0 spiro atoms. The summed E-state index contributed by atoms with van der Waals surface area (Å²) in [6, 6.07) is 10.8. The van der Waals surface area contributed by atoms with Gasteiger partial charge in [-0.3, -0.25) is 0 Å². The van der Waals surface area contributed by atoms with Gasteiger partial charge < -0.3 is 20.7 Å². The fourth-order valence-corrected chi connectivity index (χ4v) is 5.03. The van der Waals surface area contributed by atoms with E-state index in [0.717, 1.165) is 35.7 Å². The zero-order chi connectivity index (χ0) is 24.3. The molecule has 2 aromatic rings. The third kappa shape index (κ3) is 7.54. The average molecular weight is 497 g/mol. The van der Waals surface area contributed by atoms with E-state index in [1.54, 1.807) is 6.20 Å². The van der Waals surface area contributed by atoms with Crippen molar-refractivity contribution in [2.45, 2.75) is 63.8 Å². The number of nitrogens with zero attached hydrogens (tertiary/aromatic N) is 3. The number of pyridine rings is 2. The Hall–Kier alpha value is -2.40. The van der Waals surface area contributed by atoms with E-state index in [2.05, 4.69) is 27.0 Å². The Bertz CT molecular complexity index is 970. The molecule has 0 amide bonds. The van der Waals surface area contributed by atoms with E-state index in [0.29, 0.717) is 30.8 Å². The van der Waals surface area contributed by atoms with Crippen molar-refractivity contribution in [3.8, 4) is 17.3 Å². The molecular weight excluding hydrogens is 460 g/mol. The molecular formula is C27H37ClN6O. The lowest BCUT2D eigenvalue weighted by Gasteiger charge is -2.30. The van der Waals surface area contributed by atoms with Crippen molar-refractivity contribution >= 4 is 23.2 Å². The molecule has 2 saturated heterocycles. The van der Waals surface area contributed by atoms with Crippen molar-refractivity contribution in [3.05, 3.63) is 35.5 Å². The Labute approximate surface area is 214 Å². The van der Waals surface area contributed by atoms with Crippen molar-refractivity contribution in [2.75, 3.05) is 43.5 Å². The lowest BCUT2D eigenvalue weighted by Crippen LogP contribution is -2.34. The standard InChI is InChI=1S/C23H28ClN5O.C4H9N/c24-19-14-26-22(28-17-5-2-1-3-6-17)13-18(19)20-7-4-8-21(29-20)27-16-23(15-25)9-11-30-12-10-23;1-2-4-5-3-1/h4,7-8,13-14,17H,1-3,5-6,9-12,16H2,(H,26,28)(H,27,29);5H,1-4H2. The summed E-state index contributed by atoms with van der Waals surface area (Å²) >= 11 is 6.46. The lowest BCUT2D eigenvalue weighted by atomic mass is 9.82. The molecule has 0 unspecified atom stereocenters. The third-order valence-electron chi connectivity index (χ3n) is 7.09. The zero-order valence-corrected chi connectivity index (χ0v) is 21.2. The lowest BCUT2D eigenvalue weighted by molar-refractivity contribution is 0.0455. The first-order valence-electron chi connectivity index (χ1n) is 13.0. The molecule has 0 bridgehead atoms. The Morgan fingerprint density at radius 2 is 1.86 bits per heavy atom.